The molecule has 0 saturated heterocycles. The summed E-state index contributed by atoms with van der Waals surface area (Å²) >= 11 is 0. The summed E-state index contributed by atoms with van der Waals surface area (Å²) in [5.41, 5.74) is 0. The van der Waals surface area contributed by atoms with Crippen molar-refractivity contribution in [3.05, 3.63) is 0 Å². The fraction of sp³-hybridized carbons (Fsp3) is 1.00. The van der Waals surface area contributed by atoms with Crippen LogP contribution < -0.4 is 0 Å². The SMILES string of the molecule is CCN(C)CC.CO[SiH2]OC. The van der Waals surface area contributed by atoms with Gasteiger partial charge >= 0.3 is 10.0 Å². The summed E-state index contributed by atoms with van der Waals surface area (Å²) in [5.74, 6) is 0. The third-order valence-electron chi connectivity index (χ3n) is 1.32. The normalized spacial score (nSPS) is 9.27. The van der Waals surface area contributed by atoms with Crippen molar-refractivity contribution in [2.75, 3.05) is 34.4 Å². The standard InChI is InChI=1S/C5H13N.C2H8O2Si/c1-4-6(3)5-2;1-3-5-4-2/h4-5H2,1-3H3;5H2,1-2H3. The van der Waals surface area contributed by atoms with E-state index in [1.165, 1.54) is 0 Å². The second-order valence-electron chi connectivity index (χ2n) is 2.18. The van der Waals surface area contributed by atoms with Gasteiger partial charge in [0.05, 0.1) is 0 Å². The molecule has 0 aromatic carbocycles. The molecule has 0 atom stereocenters. The Morgan fingerprint density at radius 2 is 1.45 bits per heavy atom. The van der Waals surface area contributed by atoms with Gasteiger partial charge in [-0.2, -0.15) is 0 Å². The molecule has 70 valence electrons. The van der Waals surface area contributed by atoms with Crippen molar-refractivity contribution in [3.63, 3.8) is 0 Å². The lowest BCUT2D eigenvalue weighted by molar-refractivity contribution is 0.309. The van der Waals surface area contributed by atoms with E-state index in [1.54, 1.807) is 14.2 Å². The highest BCUT2D eigenvalue weighted by Crippen LogP contribution is 1.73. The molecule has 0 spiro atoms. The van der Waals surface area contributed by atoms with Gasteiger partial charge in [0, 0.05) is 14.2 Å². The fourth-order valence-corrected chi connectivity index (χ4v) is 0.577. The van der Waals surface area contributed by atoms with Crippen LogP contribution in [0.25, 0.3) is 0 Å². The minimum atomic E-state index is -0.568. The molecule has 0 radical (unpaired) electrons. The lowest BCUT2D eigenvalue weighted by Gasteiger charge is -2.07. The summed E-state index contributed by atoms with van der Waals surface area (Å²) in [6, 6.07) is 0. The van der Waals surface area contributed by atoms with Crippen LogP contribution in [0.15, 0.2) is 0 Å². The number of hydrogen-bond acceptors (Lipinski definition) is 3. The van der Waals surface area contributed by atoms with Crippen LogP contribution in [0.3, 0.4) is 0 Å². The number of hydrogen-bond donors (Lipinski definition) is 0. The van der Waals surface area contributed by atoms with Gasteiger partial charge in [-0.1, -0.05) is 13.8 Å². The fourth-order valence-electron chi connectivity index (χ4n) is 0.341. The highest BCUT2D eigenvalue weighted by atomic mass is 28.3. The van der Waals surface area contributed by atoms with Gasteiger partial charge in [0.1, 0.15) is 0 Å². The summed E-state index contributed by atoms with van der Waals surface area (Å²) in [5, 5.41) is 0. The first-order chi connectivity index (χ1) is 5.22. The van der Waals surface area contributed by atoms with Crippen LogP contribution in [0.4, 0.5) is 0 Å². The summed E-state index contributed by atoms with van der Waals surface area (Å²) in [6.07, 6.45) is 0. The van der Waals surface area contributed by atoms with Crippen molar-refractivity contribution in [3.8, 4) is 0 Å². The third kappa shape index (κ3) is 17.8. The molecule has 0 aliphatic heterocycles. The maximum absolute atomic E-state index is 4.61. The Labute approximate surface area is 72.7 Å². The van der Waals surface area contributed by atoms with Gasteiger partial charge in [0.2, 0.25) is 0 Å². The molecular formula is C7H21NO2Si. The maximum Gasteiger partial charge on any atom is 0.303 e. The summed E-state index contributed by atoms with van der Waals surface area (Å²) in [4.78, 5) is 2.25. The lowest BCUT2D eigenvalue weighted by atomic mass is 10.6. The zero-order valence-electron chi connectivity index (χ0n) is 8.39. The van der Waals surface area contributed by atoms with Crippen LogP contribution in [0.2, 0.25) is 0 Å². The number of rotatable bonds is 4. The van der Waals surface area contributed by atoms with Crippen molar-refractivity contribution in [2.45, 2.75) is 13.8 Å². The Kier molecular flexibility index (Phi) is 15.8. The van der Waals surface area contributed by atoms with Gasteiger partial charge in [-0.15, -0.1) is 0 Å². The van der Waals surface area contributed by atoms with Crippen molar-refractivity contribution in [1.29, 1.82) is 0 Å². The second-order valence-corrected chi connectivity index (χ2v) is 3.57. The van der Waals surface area contributed by atoms with Crippen LogP contribution >= 0.6 is 0 Å². The van der Waals surface area contributed by atoms with E-state index >= 15 is 0 Å². The van der Waals surface area contributed by atoms with Crippen molar-refractivity contribution >= 4 is 10.0 Å². The Morgan fingerprint density at radius 1 is 1.09 bits per heavy atom. The molecule has 0 bridgehead atoms. The van der Waals surface area contributed by atoms with E-state index in [-0.39, 0.29) is 0 Å². The minimum Gasteiger partial charge on any atom is -0.402 e. The summed E-state index contributed by atoms with van der Waals surface area (Å²) in [6.45, 7) is 6.64. The second kappa shape index (κ2) is 12.7. The van der Waals surface area contributed by atoms with Crippen molar-refractivity contribution in [2.24, 2.45) is 0 Å². The first-order valence-electron chi connectivity index (χ1n) is 3.89. The highest BCUT2D eigenvalue weighted by molar-refractivity contribution is 6.17. The van der Waals surface area contributed by atoms with E-state index in [0.717, 1.165) is 13.1 Å². The third-order valence-corrected chi connectivity index (χ3v) is 1.79. The van der Waals surface area contributed by atoms with Gasteiger partial charge < -0.3 is 13.8 Å². The van der Waals surface area contributed by atoms with Crippen molar-refractivity contribution < 1.29 is 8.85 Å². The van der Waals surface area contributed by atoms with E-state index in [9.17, 15) is 0 Å². The monoisotopic (exact) mass is 179 g/mol. The molecule has 0 aromatic heterocycles. The Balaban J connectivity index is 0. The molecule has 0 aliphatic carbocycles. The van der Waals surface area contributed by atoms with Gasteiger partial charge in [-0.25, -0.2) is 0 Å². The van der Waals surface area contributed by atoms with Crippen LogP contribution in [0, 0.1) is 0 Å². The average molecular weight is 179 g/mol. The summed E-state index contributed by atoms with van der Waals surface area (Å²) in [7, 11) is 4.84. The molecule has 11 heavy (non-hydrogen) atoms. The molecule has 0 saturated carbocycles. The Morgan fingerprint density at radius 3 is 1.45 bits per heavy atom. The van der Waals surface area contributed by atoms with E-state index in [0.29, 0.717) is 0 Å². The van der Waals surface area contributed by atoms with E-state index in [1.807, 2.05) is 0 Å². The van der Waals surface area contributed by atoms with E-state index in [2.05, 4.69) is 34.6 Å². The molecule has 0 aromatic rings. The predicted octanol–water partition coefficient (Wildman–Crippen LogP) is 0.236. The highest BCUT2D eigenvalue weighted by Gasteiger charge is 1.81. The zero-order valence-corrected chi connectivity index (χ0v) is 9.80. The Hall–Kier alpha value is 0.0969. The largest absolute Gasteiger partial charge is 0.402 e. The Bertz CT molecular complexity index is 58.4. The van der Waals surface area contributed by atoms with Gasteiger partial charge in [-0.3, -0.25) is 0 Å². The first-order valence-corrected chi connectivity index (χ1v) is 5.04. The van der Waals surface area contributed by atoms with Crippen molar-refractivity contribution in [1.82, 2.24) is 4.90 Å². The molecule has 0 aliphatic rings. The molecule has 0 fully saturated rings. The van der Waals surface area contributed by atoms with Crippen LogP contribution in [0.5, 0.6) is 0 Å². The first kappa shape index (κ1) is 13.7. The molecule has 3 nitrogen and oxygen atoms in total. The average Bonchev–Trinajstić information content (AvgIpc) is 2.06. The predicted molar refractivity (Wildman–Crippen MR) is 51.4 cm³/mol. The quantitative estimate of drug-likeness (QED) is 0.577. The number of nitrogens with zero attached hydrogens (tertiary/aromatic N) is 1. The van der Waals surface area contributed by atoms with Gasteiger partial charge in [-0.05, 0) is 20.1 Å². The zero-order chi connectivity index (χ0) is 9.11. The molecule has 4 heteroatoms. The maximum atomic E-state index is 4.61. The lowest BCUT2D eigenvalue weighted by Crippen LogP contribution is -2.15. The summed E-state index contributed by atoms with van der Waals surface area (Å²) < 4.78 is 9.22. The molecule has 0 N–H and O–H groups in total. The molecular weight excluding hydrogens is 158 g/mol. The molecule has 0 unspecified atom stereocenters. The minimum absolute atomic E-state index is 0.568. The van der Waals surface area contributed by atoms with Gasteiger partial charge in [0.15, 0.2) is 0 Å². The smallest absolute Gasteiger partial charge is 0.303 e. The molecule has 0 heterocycles. The topological polar surface area (TPSA) is 21.7 Å². The van der Waals surface area contributed by atoms with E-state index < -0.39 is 10.0 Å². The van der Waals surface area contributed by atoms with Crippen LogP contribution in [0.1, 0.15) is 13.8 Å². The van der Waals surface area contributed by atoms with Gasteiger partial charge in [0.25, 0.3) is 0 Å². The molecule has 0 rings (SSSR count). The molecule has 0 amide bonds. The van der Waals surface area contributed by atoms with Crippen LogP contribution in [-0.2, 0) is 8.85 Å². The van der Waals surface area contributed by atoms with E-state index in [4.69, 9.17) is 0 Å². The van der Waals surface area contributed by atoms with Crippen LogP contribution in [-0.4, -0.2) is 49.3 Å².